The van der Waals surface area contributed by atoms with E-state index in [0.717, 1.165) is 5.56 Å². The average Bonchev–Trinajstić information content (AvgIpc) is 3.28. The van der Waals surface area contributed by atoms with Crippen molar-refractivity contribution in [1.29, 1.82) is 0 Å². The maximum Gasteiger partial charge on any atom is 0.328 e. The zero-order chi connectivity index (χ0) is 21.8. The average molecular weight is 418 g/mol. The second kappa shape index (κ2) is 8.49. The van der Waals surface area contributed by atoms with E-state index in [0.29, 0.717) is 16.6 Å². The summed E-state index contributed by atoms with van der Waals surface area (Å²) in [4.78, 5) is 50.7. The number of carbonyl (C=O) groups excluding carboxylic acids is 2. The number of amides is 2. The molecule has 156 valence electrons. The lowest BCUT2D eigenvalue weighted by Crippen LogP contribution is -2.42. The molecule has 0 aliphatic heterocycles. The monoisotopic (exact) mass is 418 g/mol. The van der Waals surface area contributed by atoms with E-state index < -0.39 is 23.1 Å². The van der Waals surface area contributed by atoms with Crippen LogP contribution in [0.15, 0.2) is 70.3 Å². The highest BCUT2D eigenvalue weighted by atomic mass is 16.2. The predicted molar refractivity (Wildman–Crippen MR) is 113 cm³/mol. The van der Waals surface area contributed by atoms with E-state index in [9.17, 15) is 19.2 Å². The van der Waals surface area contributed by atoms with Crippen molar-refractivity contribution in [2.24, 2.45) is 0 Å². The molecule has 0 bridgehead atoms. The molecule has 2 amide bonds. The van der Waals surface area contributed by atoms with E-state index in [2.05, 4.69) is 26.0 Å². The van der Waals surface area contributed by atoms with E-state index >= 15 is 0 Å². The standard InChI is InChI=1S/C21H18N6O4/c28-18(10-11-27-17-9-5-4-8-14(17)19(29)22-21(27)31)25-26-20(30)16-12-15(23-24-16)13-6-2-1-3-7-13/h1-9,12H,10-11H2,(H,23,24)(H,25,28)(H,26,30)(H,22,29,31). The number of fused-ring (bicyclic) bond motifs is 1. The highest BCUT2D eigenvalue weighted by molar-refractivity contribution is 5.94. The van der Waals surface area contributed by atoms with Crippen LogP contribution < -0.4 is 22.1 Å². The first kappa shape index (κ1) is 19.8. The first-order valence-electron chi connectivity index (χ1n) is 9.45. The molecule has 0 saturated carbocycles. The zero-order valence-corrected chi connectivity index (χ0v) is 16.2. The Morgan fingerprint density at radius 1 is 0.968 bits per heavy atom. The molecule has 0 unspecified atom stereocenters. The molecule has 0 spiro atoms. The van der Waals surface area contributed by atoms with Crippen molar-refractivity contribution in [3.63, 3.8) is 0 Å². The summed E-state index contributed by atoms with van der Waals surface area (Å²) in [5.74, 6) is -1.06. The Labute approximate surface area is 174 Å². The molecule has 2 aromatic heterocycles. The van der Waals surface area contributed by atoms with Crippen LogP contribution in [0, 0.1) is 0 Å². The van der Waals surface area contributed by atoms with E-state index in [1.807, 2.05) is 30.3 Å². The molecule has 0 fully saturated rings. The van der Waals surface area contributed by atoms with E-state index in [4.69, 9.17) is 0 Å². The number of para-hydroxylation sites is 1. The highest BCUT2D eigenvalue weighted by Crippen LogP contribution is 2.16. The van der Waals surface area contributed by atoms with Crippen molar-refractivity contribution in [1.82, 2.24) is 30.6 Å². The van der Waals surface area contributed by atoms with Gasteiger partial charge in [-0.25, -0.2) is 4.79 Å². The molecule has 2 aromatic carbocycles. The van der Waals surface area contributed by atoms with Gasteiger partial charge in [-0.1, -0.05) is 42.5 Å². The summed E-state index contributed by atoms with van der Waals surface area (Å²) < 4.78 is 1.30. The number of aryl methyl sites for hydroxylation is 1. The van der Waals surface area contributed by atoms with E-state index in [-0.39, 0.29) is 18.7 Å². The Kier molecular flexibility index (Phi) is 5.43. The summed E-state index contributed by atoms with van der Waals surface area (Å²) in [5, 5.41) is 7.07. The molecule has 2 heterocycles. The number of hydrazine groups is 1. The van der Waals surface area contributed by atoms with Crippen LogP contribution in [0.4, 0.5) is 0 Å². The van der Waals surface area contributed by atoms with Crippen molar-refractivity contribution < 1.29 is 9.59 Å². The fraction of sp³-hybridized carbons (Fsp3) is 0.0952. The van der Waals surface area contributed by atoms with Crippen LogP contribution in [-0.4, -0.2) is 31.6 Å². The lowest BCUT2D eigenvalue weighted by atomic mass is 10.1. The molecule has 0 radical (unpaired) electrons. The van der Waals surface area contributed by atoms with Crippen molar-refractivity contribution in [2.75, 3.05) is 0 Å². The lowest BCUT2D eigenvalue weighted by Gasteiger charge is -2.10. The van der Waals surface area contributed by atoms with Gasteiger partial charge >= 0.3 is 5.69 Å². The first-order valence-corrected chi connectivity index (χ1v) is 9.45. The van der Waals surface area contributed by atoms with Crippen LogP contribution in [0.5, 0.6) is 0 Å². The SMILES string of the molecule is O=C(CCn1c(=O)[nH]c(=O)c2ccccc21)NNC(=O)c1cc(-c2ccccc2)n[nH]1. The third kappa shape index (κ3) is 4.27. The molecule has 0 saturated heterocycles. The van der Waals surface area contributed by atoms with Gasteiger partial charge in [-0.3, -0.25) is 39.9 Å². The number of carbonyl (C=O) groups is 2. The van der Waals surface area contributed by atoms with Crippen LogP contribution in [0.25, 0.3) is 22.2 Å². The minimum absolute atomic E-state index is 0.0278. The Bertz CT molecular complexity index is 1370. The summed E-state index contributed by atoms with van der Waals surface area (Å²) >= 11 is 0. The van der Waals surface area contributed by atoms with E-state index in [1.165, 1.54) is 4.57 Å². The number of hydrogen-bond acceptors (Lipinski definition) is 5. The van der Waals surface area contributed by atoms with Gasteiger partial charge in [0, 0.05) is 18.5 Å². The van der Waals surface area contributed by atoms with Crippen LogP contribution in [-0.2, 0) is 11.3 Å². The molecule has 4 aromatic rings. The molecule has 0 aliphatic rings. The molecule has 31 heavy (non-hydrogen) atoms. The fourth-order valence-electron chi connectivity index (χ4n) is 3.13. The van der Waals surface area contributed by atoms with Crippen LogP contribution >= 0.6 is 0 Å². The Morgan fingerprint density at radius 2 is 1.71 bits per heavy atom. The van der Waals surface area contributed by atoms with Crippen molar-refractivity contribution in [2.45, 2.75) is 13.0 Å². The Hall–Kier alpha value is -4.47. The van der Waals surface area contributed by atoms with Gasteiger partial charge in [0.05, 0.1) is 16.6 Å². The normalized spacial score (nSPS) is 10.7. The Balaban J connectivity index is 1.37. The summed E-state index contributed by atoms with van der Waals surface area (Å²) in [5.41, 5.74) is 5.58. The van der Waals surface area contributed by atoms with Gasteiger partial charge in [0.2, 0.25) is 5.91 Å². The van der Waals surface area contributed by atoms with Gasteiger partial charge in [-0.05, 0) is 18.2 Å². The van der Waals surface area contributed by atoms with Crippen LogP contribution in [0.1, 0.15) is 16.9 Å². The maximum absolute atomic E-state index is 12.2. The number of nitrogens with zero attached hydrogens (tertiary/aromatic N) is 2. The van der Waals surface area contributed by atoms with Crippen molar-refractivity contribution in [3.8, 4) is 11.3 Å². The largest absolute Gasteiger partial charge is 0.328 e. The number of aromatic amines is 2. The molecule has 4 N–H and O–H groups in total. The van der Waals surface area contributed by atoms with Gasteiger partial charge < -0.3 is 0 Å². The summed E-state index contributed by atoms with van der Waals surface area (Å²) in [6.07, 6.45) is -0.0888. The third-order valence-corrected chi connectivity index (χ3v) is 4.68. The summed E-state index contributed by atoms with van der Waals surface area (Å²) in [6.45, 7) is 0.0278. The second-order valence-electron chi connectivity index (χ2n) is 6.71. The maximum atomic E-state index is 12.2. The van der Waals surface area contributed by atoms with Gasteiger partial charge in [-0.15, -0.1) is 0 Å². The molecule has 10 heteroatoms. The van der Waals surface area contributed by atoms with Crippen LogP contribution in [0.3, 0.4) is 0 Å². The van der Waals surface area contributed by atoms with Gasteiger partial charge in [0.1, 0.15) is 5.69 Å². The van der Waals surface area contributed by atoms with Crippen molar-refractivity contribution >= 4 is 22.7 Å². The highest BCUT2D eigenvalue weighted by Gasteiger charge is 2.13. The summed E-state index contributed by atoms with van der Waals surface area (Å²) in [6, 6.07) is 17.5. The fourth-order valence-corrected chi connectivity index (χ4v) is 3.13. The number of H-pyrrole nitrogens is 2. The van der Waals surface area contributed by atoms with Gasteiger partial charge in [0.25, 0.3) is 11.5 Å². The minimum atomic E-state index is -0.605. The summed E-state index contributed by atoms with van der Waals surface area (Å²) in [7, 11) is 0. The molecule has 0 atom stereocenters. The minimum Gasteiger partial charge on any atom is -0.293 e. The number of aromatic nitrogens is 4. The smallest absolute Gasteiger partial charge is 0.293 e. The second-order valence-corrected chi connectivity index (χ2v) is 6.71. The van der Waals surface area contributed by atoms with Crippen molar-refractivity contribution in [3.05, 3.63) is 87.2 Å². The number of benzene rings is 2. The molecular weight excluding hydrogens is 400 g/mol. The van der Waals surface area contributed by atoms with Gasteiger partial charge in [0.15, 0.2) is 0 Å². The molecule has 4 rings (SSSR count). The predicted octanol–water partition coefficient (Wildman–Crippen LogP) is 0.931. The zero-order valence-electron chi connectivity index (χ0n) is 16.2. The number of rotatable bonds is 5. The Morgan fingerprint density at radius 3 is 2.52 bits per heavy atom. The van der Waals surface area contributed by atoms with Crippen LogP contribution in [0.2, 0.25) is 0 Å². The molecule has 0 aliphatic carbocycles. The number of hydrogen-bond donors (Lipinski definition) is 4. The third-order valence-electron chi connectivity index (χ3n) is 4.68. The first-order chi connectivity index (χ1) is 15.0. The van der Waals surface area contributed by atoms with Gasteiger partial charge in [-0.2, -0.15) is 5.10 Å². The quantitative estimate of drug-likeness (QED) is 0.357. The topological polar surface area (TPSA) is 142 Å². The molecule has 10 nitrogen and oxygen atoms in total. The lowest BCUT2D eigenvalue weighted by molar-refractivity contribution is -0.122. The van der Waals surface area contributed by atoms with E-state index in [1.54, 1.807) is 30.3 Å². The molecular formula is C21H18N6O4. The number of nitrogens with one attached hydrogen (secondary N) is 4.